The second kappa shape index (κ2) is 7.61. The number of nitrogens with one attached hydrogen (secondary N) is 1. The van der Waals surface area contributed by atoms with Crippen LogP contribution in [0.5, 0.6) is 0 Å². The first-order valence-corrected chi connectivity index (χ1v) is 7.50. The SMILES string of the molecule is CNC(CCC1CCCCO1)C(C)c1ccncc1. The van der Waals surface area contributed by atoms with Crippen molar-refractivity contribution in [3.05, 3.63) is 30.1 Å². The number of nitrogens with zero attached hydrogens (tertiary/aromatic N) is 1. The minimum absolute atomic E-state index is 0.481. The number of hydrogen-bond acceptors (Lipinski definition) is 3. The minimum atomic E-state index is 0.481. The molecule has 19 heavy (non-hydrogen) atoms. The van der Waals surface area contributed by atoms with Crippen LogP contribution in [0.15, 0.2) is 24.5 Å². The van der Waals surface area contributed by atoms with Gasteiger partial charge >= 0.3 is 0 Å². The molecule has 3 atom stereocenters. The Hall–Kier alpha value is -0.930. The highest BCUT2D eigenvalue weighted by atomic mass is 16.5. The lowest BCUT2D eigenvalue weighted by molar-refractivity contribution is 0.00834. The van der Waals surface area contributed by atoms with Crippen LogP contribution in [0.4, 0.5) is 0 Å². The molecule has 1 saturated heterocycles. The Bertz CT molecular complexity index is 349. The molecule has 1 fully saturated rings. The molecule has 0 saturated carbocycles. The smallest absolute Gasteiger partial charge is 0.0575 e. The van der Waals surface area contributed by atoms with Gasteiger partial charge in [0.05, 0.1) is 6.10 Å². The predicted octanol–water partition coefficient (Wildman–Crippen LogP) is 3.12. The van der Waals surface area contributed by atoms with Crippen LogP contribution in [0.25, 0.3) is 0 Å². The topological polar surface area (TPSA) is 34.1 Å². The Morgan fingerprint density at radius 1 is 1.37 bits per heavy atom. The van der Waals surface area contributed by atoms with Crippen molar-refractivity contribution in [2.24, 2.45) is 0 Å². The molecule has 3 heteroatoms. The van der Waals surface area contributed by atoms with Gasteiger partial charge in [-0.05, 0) is 62.8 Å². The molecule has 0 aliphatic carbocycles. The summed E-state index contributed by atoms with van der Waals surface area (Å²) in [5.74, 6) is 0.511. The van der Waals surface area contributed by atoms with Gasteiger partial charge in [-0.2, -0.15) is 0 Å². The average Bonchev–Trinajstić information content (AvgIpc) is 2.49. The van der Waals surface area contributed by atoms with Gasteiger partial charge in [-0.25, -0.2) is 0 Å². The zero-order valence-electron chi connectivity index (χ0n) is 12.1. The van der Waals surface area contributed by atoms with Gasteiger partial charge in [0.1, 0.15) is 0 Å². The fourth-order valence-electron chi connectivity index (χ4n) is 2.94. The number of ether oxygens (including phenoxy) is 1. The number of likely N-dealkylation sites (N-methyl/N-ethyl adjacent to an activating group) is 1. The fraction of sp³-hybridized carbons (Fsp3) is 0.688. The number of rotatable bonds is 6. The third kappa shape index (κ3) is 4.29. The normalized spacial score (nSPS) is 22.9. The van der Waals surface area contributed by atoms with E-state index in [2.05, 4.69) is 36.4 Å². The zero-order valence-corrected chi connectivity index (χ0v) is 12.1. The lowest BCUT2D eigenvalue weighted by Crippen LogP contribution is -2.32. The molecule has 0 amide bonds. The zero-order chi connectivity index (χ0) is 13.5. The monoisotopic (exact) mass is 262 g/mol. The quantitative estimate of drug-likeness (QED) is 0.855. The molecule has 3 nitrogen and oxygen atoms in total. The third-order valence-corrected chi connectivity index (χ3v) is 4.28. The molecular formula is C16H26N2O. The summed E-state index contributed by atoms with van der Waals surface area (Å²) in [6, 6.07) is 4.74. The van der Waals surface area contributed by atoms with Crippen LogP contribution in [-0.2, 0) is 4.74 Å². The molecular weight excluding hydrogens is 236 g/mol. The maximum absolute atomic E-state index is 5.82. The highest BCUT2D eigenvalue weighted by Crippen LogP contribution is 2.24. The Kier molecular flexibility index (Phi) is 5.80. The highest BCUT2D eigenvalue weighted by Gasteiger charge is 2.20. The molecule has 0 aromatic carbocycles. The van der Waals surface area contributed by atoms with E-state index in [1.54, 1.807) is 0 Å². The molecule has 2 heterocycles. The van der Waals surface area contributed by atoms with Crippen molar-refractivity contribution in [3.8, 4) is 0 Å². The van der Waals surface area contributed by atoms with Crippen LogP contribution in [0.2, 0.25) is 0 Å². The van der Waals surface area contributed by atoms with E-state index in [9.17, 15) is 0 Å². The third-order valence-electron chi connectivity index (χ3n) is 4.28. The summed E-state index contributed by atoms with van der Waals surface area (Å²) in [7, 11) is 2.06. The average molecular weight is 262 g/mol. The van der Waals surface area contributed by atoms with E-state index >= 15 is 0 Å². The Morgan fingerprint density at radius 3 is 2.79 bits per heavy atom. The van der Waals surface area contributed by atoms with Gasteiger partial charge in [-0.15, -0.1) is 0 Å². The standard InChI is InChI=1S/C16H26N2O/c1-13(14-8-10-18-11-9-14)16(17-2)7-6-15-5-3-4-12-19-15/h8-11,13,15-17H,3-7,12H2,1-2H3. The van der Waals surface area contributed by atoms with E-state index in [0.717, 1.165) is 6.61 Å². The first-order valence-electron chi connectivity index (χ1n) is 7.50. The van der Waals surface area contributed by atoms with Crippen molar-refractivity contribution in [1.82, 2.24) is 10.3 Å². The van der Waals surface area contributed by atoms with Crippen LogP contribution < -0.4 is 5.32 Å². The molecule has 0 spiro atoms. The molecule has 0 radical (unpaired) electrons. The lowest BCUT2D eigenvalue weighted by Gasteiger charge is -2.28. The van der Waals surface area contributed by atoms with Gasteiger partial charge in [-0.1, -0.05) is 6.92 Å². The van der Waals surface area contributed by atoms with Crippen molar-refractivity contribution < 1.29 is 4.74 Å². The van der Waals surface area contributed by atoms with E-state index in [-0.39, 0.29) is 0 Å². The Balaban J connectivity index is 1.85. The van der Waals surface area contributed by atoms with E-state index in [1.165, 1.54) is 37.7 Å². The molecule has 1 aliphatic heterocycles. The molecule has 1 N–H and O–H groups in total. The summed E-state index contributed by atoms with van der Waals surface area (Å²) in [5.41, 5.74) is 1.36. The molecule has 1 aliphatic rings. The molecule has 1 aromatic heterocycles. The minimum Gasteiger partial charge on any atom is -0.378 e. The van der Waals surface area contributed by atoms with Crippen LogP contribution in [0.3, 0.4) is 0 Å². The first kappa shape index (κ1) is 14.5. The van der Waals surface area contributed by atoms with Crippen LogP contribution >= 0.6 is 0 Å². The van der Waals surface area contributed by atoms with E-state index in [4.69, 9.17) is 4.74 Å². The van der Waals surface area contributed by atoms with E-state index < -0.39 is 0 Å². The van der Waals surface area contributed by atoms with Gasteiger partial charge in [0.2, 0.25) is 0 Å². The van der Waals surface area contributed by atoms with Crippen molar-refractivity contribution in [2.45, 2.75) is 57.1 Å². The predicted molar refractivity (Wildman–Crippen MR) is 78.3 cm³/mol. The molecule has 106 valence electrons. The van der Waals surface area contributed by atoms with Gasteiger partial charge in [0.25, 0.3) is 0 Å². The lowest BCUT2D eigenvalue weighted by atomic mass is 9.89. The summed E-state index contributed by atoms with van der Waals surface area (Å²) in [4.78, 5) is 4.09. The highest BCUT2D eigenvalue weighted by molar-refractivity contribution is 5.17. The van der Waals surface area contributed by atoms with Gasteiger partial charge in [-0.3, -0.25) is 4.98 Å². The number of pyridine rings is 1. The van der Waals surface area contributed by atoms with Crippen molar-refractivity contribution in [3.63, 3.8) is 0 Å². The Labute approximate surface area is 116 Å². The second-order valence-electron chi connectivity index (χ2n) is 5.53. The van der Waals surface area contributed by atoms with Crippen molar-refractivity contribution >= 4 is 0 Å². The molecule has 3 unspecified atom stereocenters. The van der Waals surface area contributed by atoms with Crippen molar-refractivity contribution in [1.29, 1.82) is 0 Å². The number of aromatic nitrogens is 1. The van der Waals surface area contributed by atoms with Gasteiger partial charge in [0.15, 0.2) is 0 Å². The fourth-order valence-corrected chi connectivity index (χ4v) is 2.94. The summed E-state index contributed by atoms with van der Waals surface area (Å²) in [6.45, 7) is 3.24. The maximum Gasteiger partial charge on any atom is 0.0575 e. The van der Waals surface area contributed by atoms with Crippen LogP contribution in [-0.4, -0.2) is 30.8 Å². The number of hydrogen-bond donors (Lipinski definition) is 1. The summed E-state index contributed by atoms with van der Waals surface area (Å²) in [6.07, 6.45) is 10.4. The molecule has 2 rings (SSSR count). The van der Waals surface area contributed by atoms with Crippen molar-refractivity contribution in [2.75, 3.05) is 13.7 Å². The van der Waals surface area contributed by atoms with E-state index in [1.807, 2.05) is 12.4 Å². The largest absolute Gasteiger partial charge is 0.378 e. The summed E-state index contributed by atoms with van der Waals surface area (Å²) >= 11 is 0. The summed E-state index contributed by atoms with van der Waals surface area (Å²) in [5, 5.41) is 3.46. The molecule has 0 bridgehead atoms. The van der Waals surface area contributed by atoms with Gasteiger partial charge < -0.3 is 10.1 Å². The summed E-state index contributed by atoms with van der Waals surface area (Å²) < 4.78 is 5.82. The Morgan fingerprint density at radius 2 is 2.16 bits per heavy atom. The molecule has 1 aromatic rings. The second-order valence-corrected chi connectivity index (χ2v) is 5.53. The maximum atomic E-state index is 5.82. The van der Waals surface area contributed by atoms with Gasteiger partial charge in [0, 0.05) is 25.0 Å². The van der Waals surface area contributed by atoms with E-state index in [0.29, 0.717) is 18.1 Å². The first-order chi connectivity index (χ1) is 9.31. The van der Waals surface area contributed by atoms with Crippen LogP contribution in [0.1, 0.15) is 50.5 Å². The van der Waals surface area contributed by atoms with Crippen LogP contribution in [0, 0.1) is 0 Å².